The number of pyridine rings is 1. The molecule has 2 rings (SSSR count). The van der Waals surface area contributed by atoms with E-state index in [-0.39, 0.29) is 0 Å². The summed E-state index contributed by atoms with van der Waals surface area (Å²) in [6, 6.07) is 7.68. The van der Waals surface area contributed by atoms with E-state index in [1.807, 2.05) is 24.3 Å². The molecule has 0 atom stereocenters. The molecule has 2 aromatic rings. The number of nitrogens with zero attached hydrogens (tertiary/aromatic N) is 1. The van der Waals surface area contributed by atoms with Crippen molar-refractivity contribution >= 4 is 28.2 Å². The van der Waals surface area contributed by atoms with E-state index in [2.05, 4.69) is 22.2 Å². The molecule has 0 aliphatic carbocycles. The van der Waals surface area contributed by atoms with E-state index in [1.165, 1.54) is 0 Å². The number of benzene rings is 1. The van der Waals surface area contributed by atoms with Gasteiger partial charge in [0.25, 0.3) is 0 Å². The van der Waals surface area contributed by atoms with Crippen molar-refractivity contribution in [1.29, 1.82) is 0 Å². The maximum atomic E-state index is 5.94. The highest BCUT2D eigenvalue weighted by atomic mass is 35.5. The van der Waals surface area contributed by atoms with Crippen LogP contribution in [0.15, 0.2) is 43.2 Å². The van der Waals surface area contributed by atoms with Crippen molar-refractivity contribution in [3.05, 3.63) is 48.3 Å². The lowest BCUT2D eigenvalue weighted by molar-refractivity contribution is 0.872. The van der Waals surface area contributed by atoms with Gasteiger partial charge in [-0.1, -0.05) is 18.2 Å². The summed E-state index contributed by atoms with van der Waals surface area (Å²) in [6.07, 6.45) is 3.47. The van der Waals surface area contributed by atoms with Crippen LogP contribution in [0.4, 0.5) is 5.69 Å². The van der Waals surface area contributed by atoms with Crippen LogP contribution >= 0.6 is 11.6 Å². The van der Waals surface area contributed by atoms with Crippen LogP contribution in [0.1, 0.15) is 0 Å². The summed E-state index contributed by atoms with van der Waals surface area (Å²) in [4.78, 5) is 4.29. The molecule has 88 valence electrons. The second-order valence-corrected chi connectivity index (χ2v) is 4.04. The van der Waals surface area contributed by atoms with Gasteiger partial charge in [0.2, 0.25) is 0 Å². The van der Waals surface area contributed by atoms with Gasteiger partial charge in [-0.25, -0.2) is 0 Å². The average molecular weight is 248 g/mol. The lowest BCUT2D eigenvalue weighted by Crippen LogP contribution is -2.16. The molecule has 0 spiro atoms. The first kappa shape index (κ1) is 11.7. The fourth-order valence-electron chi connectivity index (χ4n) is 1.65. The van der Waals surface area contributed by atoms with Gasteiger partial charge in [-0.05, 0) is 30.5 Å². The molecule has 0 aliphatic heterocycles. The van der Waals surface area contributed by atoms with E-state index in [4.69, 9.17) is 11.6 Å². The Labute approximate surface area is 106 Å². The number of aromatic nitrogens is 1. The predicted octanol–water partition coefficient (Wildman–Crippen LogP) is 3.03. The number of hydrogen-bond donors (Lipinski definition) is 2. The molecular weight excluding hydrogens is 234 g/mol. The standard InChI is InChI=1S/C13H14ClN3/c1-2-15-7-8-17-12-5-6-16-13-9-10(14)3-4-11(12)13/h2-6,9,15H,1,7-8H2,(H,16,17). The zero-order valence-corrected chi connectivity index (χ0v) is 10.2. The molecular formula is C13H14ClN3. The summed E-state index contributed by atoms with van der Waals surface area (Å²) in [5.74, 6) is 0. The van der Waals surface area contributed by atoms with E-state index >= 15 is 0 Å². The summed E-state index contributed by atoms with van der Waals surface area (Å²) >= 11 is 5.94. The third-order valence-corrected chi connectivity index (χ3v) is 2.67. The third kappa shape index (κ3) is 2.88. The molecule has 2 N–H and O–H groups in total. The first-order valence-electron chi connectivity index (χ1n) is 5.43. The number of nitrogens with one attached hydrogen (secondary N) is 2. The average Bonchev–Trinajstić information content (AvgIpc) is 2.34. The maximum Gasteiger partial charge on any atom is 0.0737 e. The van der Waals surface area contributed by atoms with Crippen molar-refractivity contribution in [2.45, 2.75) is 0 Å². The fraction of sp³-hybridized carbons (Fsp3) is 0.154. The summed E-state index contributed by atoms with van der Waals surface area (Å²) in [7, 11) is 0. The lowest BCUT2D eigenvalue weighted by Gasteiger charge is -2.09. The van der Waals surface area contributed by atoms with Crippen LogP contribution < -0.4 is 10.6 Å². The first-order valence-corrected chi connectivity index (χ1v) is 5.81. The summed E-state index contributed by atoms with van der Waals surface area (Å²) < 4.78 is 0. The van der Waals surface area contributed by atoms with E-state index < -0.39 is 0 Å². The molecule has 0 bridgehead atoms. The van der Waals surface area contributed by atoms with Gasteiger partial charge in [0, 0.05) is 35.4 Å². The normalized spacial score (nSPS) is 10.2. The second kappa shape index (κ2) is 5.55. The molecule has 0 fully saturated rings. The zero-order valence-electron chi connectivity index (χ0n) is 9.41. The summed E-state index contributed by atoms with van der Waals surface area (Å²) in [5.41, 5.74) is 1.97. The Morgan fingerprint density at radius 3 is 3.00 bits per heavy atom. The van der Waals surface area contributed by atoms with Gasteiger partial charge in [-0.15, -0.1) is 0 Å². The van der Waals surface area contributed by atoms with Gasteiger partial charge < -0.3 is 10.6 Å². The van der Waals surface area contributed by atoms with Gasteiger partial charge in [-0.2, -0.15) is 0 Å². The molecule has 3 nitrogen and oxygen atoms in total. The number of rotatable bonds is 5. The number of fused-ring (bicyclic) bond motifs is 1. The largest absolute Gasteiger partial charge is 0.390 e. The lowest BCUT2D eigenvalue weighted by atomic mass is 10.2. The van der Waals surface area contributed by atoms with E-state index in [0.717, 1.165) is 29.7 Å². The maximum absolute atomic E-state index is 5.94. The summed E-state index contributed by atoms with van der Waals surface area (Å²) in [6.45, 7) is 5.26. The predicted molar refractivity (Wildman–Crippen MR) is 73.4 cm³/mol. The second-order valence-electron chi connectivity index (χ2n) is 3.61. The van der Waals surface area contributed by atoms with Crippen LogP contribution in [0, 0.1) is 0 Å². The van der Waals surface area contributed by atoms with Crippen molar-refractivity contribution in [2.24, 2.45) is 0 Å². The Hall–Kier alpha value is -1.74. The number of halogens is 1. The van der Waals surface area contributed by atoms with Crippen LogP contribution in [0.5, 0.6) is 0 Å². The van der Waals surface area contributed by atoms with E-state index in [9.17, 15) is 0 Å². The molecule has 0 saturated carbocycles. The molecule has 0 aliphatic rings. The van der Waals surface area contributed by atoms with E-state index in [1.54, 1.807) is 12.4 Å². The molecule has 0 saturated heterocycles. The molecule has 17 heavy (non-hydrogen) atoms. The Balaban J connectivity index is 2.19. The molecule has 1 aromatic heterocycles. The SMILES string of the molecule is C=CNCCNc1ccnc2cc(Cl)ccc12. The first-order chi connectivity index (χ1) is 8.31. The molecule has 0 unspecified atom stereocenters. The summed E-state index contributed by atoms with van der Waals surface area (Å²) in [5, 5.41) is 8.17. The third-order valence-electron chi connectivity index (χ3n) is 2.43. The highest BCUT2D eigenvalue weighted by molar-refractivity contribution is 6.31. The Kier molecular flexibility index (Phi) is 3.83. The van der Waals surface area contributed by atoms with Crippen LogP contribution in [0.25, 0.3) is 10.9 Å². The molecule has 0 radical (unpaired) electrons. The Bertz CT molecular complexity index is 525. The van der Waals surface area contributed by atoms with Gasteiger partial charge in [0.1, 0.15) is 0 Å². The topological polar surface area (TPSA) is 37.0 Å². The van der Waals surface area contributed by atoms with Crippen molar-refractivity contribution in [1.82, 2.24) is 10.3 Å². The highest BCUT2D eigenvalue weighted by Crippen LogP contribution is 2.23. The van der Waals surface area contributed by atoms with Crippen LogP contribution in [0.2, 0.25) is 5.02 Å². The van der Waals surface area contributed by atoms with Crippen molar-refractivity contribution < 1.29 is 0 Å². The van der Waals surface area contributed by atoms with Crippen LogP contribution in [-0.2, 0) is 0 Å². The van der Waals surface area contributed by atoms with Gasteiger partial charge in [0.05, 0.1) is 5.52 Å². The van der Waals surface area contributed by atoms with Crippen molar-refractivity contribution in [3.8, 4) is 0 Å². The zero-order chi connectivity index (χ0) is 12.1. The smallest absolute Gasteiger partial charge is 0.0737 e. The van der Waals surface area contributed by atoms with Crippen LogP contribution in [0.3, 0.4) is 0 Å². The number of anilines is 1. The minimum Gasteiger partial charge on any atom is -0.390 e. The Morgan fingerprint density at radius 1 is 1.29 bits per heavy atom. The van der Waals surface area contributed by atoms with Crippen molar-refractivity contribution in [3.63, 3.8) is 0 Å². The number of hydrogen-bond acceptors (Lipinski definition) is 3. The molecule has 1 heterocycles. The minimum absolute atomic E-state index is 0.704. The van der Waals surface area contributed by atoms with Gasteiger partial charge in [-0.3, -0.25) is 4.98 Å². The Morgan fingerprint density at radius 2 is 2.18 bits per heavy atom. The quantitative estimate of drug-likeness (QED) is 0.798. The van der Waals surface area contributed by atoms with Gasteiger partial charge >= 0.3 is 0 Å². The minimum atomic E-state index is 0.704. The molecule has 4 heteroatoms. The molecule has 0 amide bonds. The highest BCUT2D eigenvalue weighted by Gasteiger charge is 2.01. The fourth-order valence-corrected chi connectivity index (χ4v) is 1.81. The molecule has 1 aromatic carbocycles. The van der Waals surface area contributed by atoms with E-state index in [0.29, 0.717) is 5.02 Å². The monoisotopic (exact) mass is 247 g/mol. The van der Waals surface area contributed by atoms with Crippen LogP contribution in [-0.4, -0.2) is 18.1 Å². The van der Waals surface area contributed by atoms with Crippen molar-refractivity contribution in [2.75, 3.05) is 18.4 Å². The van der Waals surface area contributed by atoms with Gasteiger partial charge in [0.15, 0.2) is 0 Å².